The Morgan fingerprint density at radius 2 is 1.61 bits per heavy atom. The van der Waals surface area contributed by atoms with Crippen LogP contribution in [0, 0.1) is 12.7 Å². The van der Waals surface area contributed by atoms with Crippen LogP contribution in [-0.2, 0) is 26.0 Å². The van der Waals surface area contributed by atoms with E-state index in [-0.39, 0.29) is 36.6 Å². The number of methoxy groups -OCH3 is 1. The second-order valence-electron chi connectivity index (χ2n) is 15.5. The van der Waals surface area contributed by atoms with E-state index >= 15 is 4.39 Å². The van der Waals surface area contributed by atoms with Gasteiger partial charge in [-0.05, 0) is 60.3 Å². The third kappa shape index (κ3) is 7.17. The van der Waals surface area contributed by atoms with Crippen LogP contribution in [0.25, 0.3) is 15.2 Å². The van der Waals surface area contributed by atoms with Gasteiger partial charge in [0.15, 0.2) is 0 Å². The maximum Gasteiger partial charge on any atom is 0.333 e. The van der Waals surface area contributed by atoms with E-state index in [1.165, 1.54) is 58.4 Å². The Hall–Kier alpha value is -5.22. The number of aromatic nitrogens is 5. The van der Waals surface area contributed by atoms with Crippen LogP contribution in [0.15, 0.2) is 101 Å². The number of nitrogens with one attached hydrogen (secondary N) is 1. The second kappa shape index (κ2) is 16.0. The van der Waals surface area contributed by atoms with Crippen molar-refractivity contribution in [2.24, 2.45) is 0 Å². The lowest BCUT2D eigenvalue weighted by atomic mass is 9.91. The molecule has 12 nitrogen and oxygen atoms in total. The molecule has 1 unspecified atom stereocenters. The Kier molecular flexibility index (Phi) is 11.2. The van der Waals surface area contributed by atoms with Crippen molar-refractivity contribution in [2.45, 2.75) is 70.7 Å². The number of benzene rings is 3. The van der Waals surface area contributed by atoms with Crippen LogP contribution in [0.5, 0.6) is 5.75 Å². The van der Waals surface area contributed by atoms with Gasteiger partial charge in [-0.2, -0.15) is 10.2 Å². The number of thiophene rings is 1. The zero-order valence-corrected chi connectivity index (χ0v) is 34.8. The van der Waals surface area contributed by atoms with Crippen LogP contribution in [0.2, 0.25) is 5.04 Å². The Labute approximate surface area is 335 Å². The van der Waals surface area contributed by atoms with Crippen LogP contribution < -0.4 is 31.7 Å². The van der Waals surface area contributed by atoms with Gasteiger partial charge in [0.2, 0.25) is 5.91 Å². The highest BCUT2D eigenvalue weighted by molar-refractivity contribution is 7.21. The van der Waals surface area contributed by atoms with Gasteiger partial charge in [0.05, 0.1) is 44.6 Å². The maximum absolute atomic E-state index is 15.1. The number of hydrogen-bond donors (Lipinski definition) is 1. The molecule has 3 aromatic heterocycles. The summed E-state index contributed by atoms with van der Waals surface area (Å²) in [6, 6.07) is 24.7. The van der Waals surface area contributed by atoms with Crippen molar-refractivity contribution in [3.05, 3.63) is 129 Å². The van der Waals surface area contributed by atoms with Gasteiger partial charge in [0.25, 0.3) is 13.9 Å². The topological polar surface area (TPSA) is 132 Å². The van der Waals surface area contributed by atoms with Gasteiger partial charge < -0.3 is 19.2 Å². The SMILES string of the molecule is COc1ccc(F)cc1[C@H](Cn1c(=O)n(C2(C)CCCNC2=O)c(=O)c2c(C)c(-n3nccn3)sc21)OCCO[Si](c1ccccc1)(c1ccccc1)C(C)(C)C. The number of ether oxygens (including phenoxy) is 2. The number of halogens is 1. The molecule has 1 aliphatic rings. The molecule has 1 aliphatic heterocycles. The van der Waals surface area contributed by atoms with Crippen LogP contribution in [0.4, 0.5) is 4.39 Å². The fraction of sp³-hybridized carbons (Fsp3) is 0.357. The number of carbonyl (C=O) groups excluding carboxylic acids is 1. The number of aryl methyl sites for hydroxylation is 1. The number of rotatable bonds is 13. The molecule has 57 heavy (non-hydrogen) atoms. The van der Waals surface area contributed by atoms with E-state index in [2.05, 4.69) is 60.6 Å². The highest BCUT2D eigenvalue weighted by Gasteiger charge is 2.50. The summed E-state index contributed by atoms with van der Waals surface area (Å²) in [5, 5.41) is 14.2. The largest absolute Gasteiger partial charge is 0.496 e. The molecule has 0 bridgehead atoms. The molecule has 3 aromatic carbocycles. The van der Waals surface area contributed by atoms with Gasteiger partial charge in [-0.15, -0.1) is 4.80 Å². The normalized spacial score (nSPS) is 16.8. The average Bonchev–Trinajstić information content (AvgIpc) is 3.85. The molecule has 0 aliphatic carbocycles. The molecule has 6 aromatic rings. The minimum Gasteiger partial charge on any atom is -0.496 e. The van der Waals surface area contributed by atoms with Crippen molar-refractivity contribution in [1.82, 2.24) is 29.4 Å². The highest BCUT2D eigenvalue weighted by atomic mass is 32.1. The number of carbonyl (C=O) groups is 1. The van der Waals surface area contributed by atoms with Crippen molar-refractivity contribution in [1.29, 1.82) is 0 Å². The molecule has 1 amide bonds. The van der Waals surface area contributed by atoms with Crippen molar-refractivity contribution in [3.8, 4) is 10.8 Å². The molecule has 1 saturated heterocycles. The summed E-state index contributed by atoms with van der Waals surface area (Å²) in [6.07, 6.45) is 2.95. The first kappa shape index (κ1) is 40.0. The number of hydrogen-bond acceptors (Lipinski definition) is 9. The van der Waals surface area contributed by atoms with Crippen molar-refractivity contribution < 1.29 is 23.1 Å². The first-order chi connectivity index (χ1) is 27.3. The lowest BCUT2D eigenvalue weighted by molar-refractivity contribution is -0.131. The van der Waals surface area contributed by atoms with Gasteiger partial charge in [-0.25, -0.2) is 13.8 Å². The van der Waals surface area contributed by atoms with E-state index in [0.717, 1.165) is 14.9 Å². The summed E-state index contributed by atoms with van der Waals surface area (Å²) < 4.78 is 37.2. The van der Waals surface area contributed by atoms with Crippen molar-refractivity contribution in [2.75, 3.05) is 26.9 Å². The van der Waals surface area contributed by atoms with E-state index in [4.69, 9.17) is 13.9 Å². The molecule has 4 heterocycles. The maximum atomic E-state index is 15.1. The molecule has 2 atom stereocenters. The van der Waals surface area contributed by atoms with E-state index in [0.29, 0.717) is 39.7 Å². The van der Waals surface area contributed by atoms with Crippen LogP contribution in [0.1, 0.15) is 57.8 Å². The summed E-state index contributed by atoms with van der Waals surface area (Å²) in [5.41, 5.74) is -1.82. The van der Waals surface area contributed by atoms with Gasteiger partial charge in [-0.3, -0.25) is 14.2 Å². The molecule has 7 rings (SSSR count). The van der Waals surface area contributed by atoms with E-state index in [9.17, 15) is 14.4 Å². The smallest absolute Gasteiger partial charge is 0.333 e. The average molecular weight is 811 g/mol. The first-order valence-corrected chi connectivity index (χ1v) is 21.7. The molecule has 298 valence electrons. The Balaban J connectivity index is 1.34. The Morgan fingerprint density at radius 3 is 2.21 bits per heavy atom. The summed E-state index contributed by atoms with van der Waals surface area (Å²) in [5.74, 6) is -0.578. The van der Waals surface area contributed by atoms with Gasteiger partial charge in [0, 0.05) is 17.7 Å². The standard InChI is InChI=1S/C42H47FN6O6SSi/c1-28-35-36(50)48(42(5)20-13-21-44-39(42)51)40(52)47(38(35)56-37(28)49-45-22-23-46-49)27-34(32-26-29(43)18-19-33(32)53-6)54-24-25-55-57(41(2,3)4,30-14-9-7-10-15-30)31-16-11-8-12-17-31/h7-12,14-19,22-23,26,34H,13,20-21,24-25,27H2,1-6H3,(H,44,51)/t34-,42?/m0/s1. The molecule has 0 saturated carbocycles. The van der Waals surface area contributed by atoms with Gasteiger partial charge in [-0.1, -0.05) is 92.8 Å². The van der Waals surface area contributed by atoms with Crippen LogP contribution in [-0.4, -0.2) is 65.2 Å². The van der Waals surface area contributed by atoms with Crippen LogP contribution in [0.3, 0.4) is 0 Å². The molecule has 15 heteroatoms. The third-order valence-corrected chi connectivity index (χ3v) is 17.2. The monoisotopic (exact) mass is 810 g/mol. The lowest BCUT2D eigenvalue weighted by Crippen LogP contribution is -2.66. The lowest BCUT2D eigenvalue weighted by Gasteiger charge is -2.43. The fourth-order valence-corrected chi connectivity index (χ4v) is 13.9. The quantitative estimate of drug-likeness (QED) is 0.124. The summed E-state index contributed by atoms with van der Waals surface area (Å²) in [6.45, 7) is 10.5. The third-order valence-electron chi connectivity index (χ3n) is 10.9. The summed E-state index contributed by atoms with van der Waals surface area (Å²) >= 11 is 1.18. The minimum absolute atomic E-state index is 0.0679. The van der Waals surface area contributed by atoms with Crippen molar-refractivity contribution >= 4 is 46.2 Å². The molecule has 0 spiro atoms. The predicted octanol–water partition coefficient (Wildman–Crippen LogP) is 5.22. The minimum atomic E-state index is -2.93. The number of nitrogens with zero attached hydrogens (tertiary/aromatic N) is 5. The highest BCUT2D eigenvalue weighted by Crippen LogP contribution is 2.38. The van der Waals surface area contributed by atoms with Crippen molar-refractivity contribution in [3.63, 3.8) is 0 Å². The van der Waals surface area contributed by atoms with Crippen LogP contribution >= 0.6 is 11.3 Å². The Morgan fingerprint density at radius 1 is 0.965 bits per heavy atom. The zero-order chi connectivity index (χ0) is 40.5. The summed E-state index contributed by atoms with van der Waals surface area (Å²) in [4.78, 5) is 44.6. The van der Waals surface area contributed by atoms with Gasteiger partial charge in [0.1, 0.15) is 33.0 Å². The first-order valence-electron chi connectivity index (χ1n) is 19.0. The fourth-order valence-electron chi connectivity index (χ4n) is 8.10. The van der Waals surface area contributed by atoms with Gasteiger partial charge >= 0.3 is 5.69 Å². The molecule has 1 fully saturated rings. The van der Waals surface area contributed by atoms with E-state index < -0.39 is 42.9 Å². The second-order valence-corrected chi connectivity index (χ2v) is 20.7. The number of fused-ring (bicyclic) bond motifs is 1. The summed E-state index contributed by atoms with van der Waals surface area (Å²) in [7, 11) is -1.45. The molecule has 0 radical (unpaired) electrons. The zero-order valence-electron chi connectivity index (χ0n) is 33.0. The number of piperidine rings is 1. The predicted molar refractivity (Wildman–Crippen MR) is 221 cm³/mol. The molecular formula is C42H47FN6O6SSi. The molecule has 1 N–H and O–H groups in total. The van der Waals surface area contributed by atoms with E-state index in [1.807, 2.05) is 36.4 Å². The Bertz CT molecular complexity index is 2460. The molecular weight excluding hydrogens is 764 g/mol. The number of amides is 1. The van der Waals surface area contributed by atoms with E-state index in [1.54, 1.807) is 13.8 Å².